The van der Waals surface area contributed by atoms with E-state index in [0.29, 0.717) is 19.4 Å². The number of aliphatic carboxylic acids is 1. The first-order valence-electron chi connectivity index (χ1n) is 3.01. The number of hydrogen-bond acceptors (Lipinski definition) is 4. The maximum atomic E-state index is 10.2. The summed E-state index contributed by atoms with van der Waals surface area (Å²) in [6, 6.07) is -0.676. The molecule has 0 heterocycles. The third-order valence-electron chi connectivity index (χ3n) is 1.13. The van der Waals surface area contributed by atoms with Gasteiger partial charge in [0.25, 0.3) is 0 Å². The van der Waals surface area contributed by atoms with Crippen LogP contribution in [0.2, 0.25) is 0 Å². The van der Waals surface area contributed by atoms with Crippen LogP contribution >= 0.6 is 11.8 Å². The highest BCUT2D eigenvalue weighted by Gasteiger charge is 2.13. The number of rotatable bonds is 5. The zero-order chi connectivity index (χ0) is 7.98. The second-order valence-corrected chi connectivity index (χ2v) is 2.15. The van der Waals surface area contributed by atoms with Gasteiger partial charge in [-0.1, -0.05) is 0 Å². The lowest BCUT2D eigenvalue weighted by molar-refractivity contribution is -0.139. The minimum Gasteiger partial charge on any atom is -0.480 e. The second kappa shape index (κ2) is 7.74. The standard InChI is InChI=1S/C5H11ClN2O2.H3N/c6-8-4(5(9)10)2-1-3-7;/h4,8H,1-3,7H2,(H,9,10);1H3/t4-;/m0./s1. The Morgan fingerprint density at radius 1 is 1.73 bits per heavy atom. The normalized spacial score (nSPS) is 11.8. The molecule has 0 rings (SSSR count). The van der Waals surface area contributed by atoms with E-state index in [9.17, 15) is 4.79 Å². The van der Waals surface area contributed by atoms with Crippen molar-refractivity contribution in [3.63, 3.8) is 0 Å². The molecule has 0 amide bonds. The molecular weight excluding hydrogens is 170 g/mol. The maximum Gasteiger partial charge on any atom is 0.321 e. The number of halogens is 1. The molecule has 0 aliphatic rings. The smallest absolute Gasteiger partial charge is 0.321 e. The third kappa shape index (κ3) is 6.05. The van der Waals surface area contributed by atoms with E-state index in [-0.39, 0.29) is 6.15 Å². The Balaban J connectivity index is 0. The van der Waals surface area contributed by atoms with Crippen molar-refractivity contribution in [3.05, 3.63) is 0 Å². The van der Waals surface area contributed by atoms with Gasteiger partial charge in [-0.2, -0.15) is 0 Å². The van der Waals surface area contributed by atoms with E-state index in [1.807, 2.05) is 0 Å². The molecule has 0 bridgehead atoms. The van der Waals surface area contributed by atoms with Gasteiger partial charge in [0.2, 0.25) is 0 Å². The van der Waals surface area contributed by atoms with Crippen LogP contribution in [0.5, 0.6) is 0 Å². The van der Waals surface area contributed by atoms with Gasteiger partial charge in [0, 0.05) is 0 Å². The van der Waals surface area contributed by atoms with E-state index in [4.69, 9.17) is 22.6 Å². The van der Waals surface area contributed by atoms with Crippen LogP contribution in [0.4, 0.5) is 0 Å². The zero-order valence-electron chi connectivity index (χ0n) is 6.22. The van der Waals surface area contributed by atoms with E-state index < -0.39 is 12.0 Å². The van der Waals surface area contributed by atoms with Crippen LogP contribution in [-0.2, 0) is 4.79 Å². The monoisotopic (exact) mass is 183 g/mol. The first-order valence-corrected chi connectivity index (χ1v) is 3.39. The third-order valence-corrected chi connectivity index (χ3v) is 1.39. The van der Waals surface area contributed by atoms with Crippen molar-refractivity contribution < 1.29 is 9.90 Å². The number of nitrogens with one attached hydrogen (secondary N) is 1. The molecule has 1 atom stereocenters. The largest absolute Gasteiger partial charge is 0.480 e. The fourth-order valence-corrected chi connectivity index (χ4v) is 0.749. The summed E-state index contributed by atoms with van der Waals surface area (Å²) in [5.41, 5.74) is 5.17. The van der Waals surface area contributed by atoms with E-state index >= 15 is 0 Å². The Hall–Kier alpha value is -0.360. The van der Waals surface area contributed by atoms with E-state index in [1.54, 1.807) is 0 Å². The van der Waals surface area contributed by atoms with E-state index in [1.165, 1.54) is 0 Å². The molecule has 0 spiro atoms. The van der Waals surface area contributed by atoms with Gasteiger partial charge in [-0.3, -0.25) is 4.79 Å². The van der Waals surface area contributed by atoms with Gasteiger partial charge in [0.1, 0.15) is 6.04 Å². The van der Waals surface area contributed by atoms with Crippen molar-refractivity contribution in [2.24, 2.45) is 5.73 Å². The lowest BCUT2D eigenvalue weighted by Gasteiger charge is -2.06. The molecule has 0 fully saturated rings. The molecule has 0 aliphatic heterocycles. The van der Waals surface area contributed by atoms with Crippen molar-refractivity contribution in [1.82, 2.24) is 11.0 Å². The van der Waals surface area contributed by atoms with Crippen molar-refractivity contribution in [2.75, 3.05) is 6.54 Å². The van der Waals surface area contributed by atoms with Crippen LogP contribution < -0.4 is 16.7 Å². The average Bonchev–Trinajstić information content (AvgIpc) is 1.89. The predicted molar refractivity (Wildman–Crippen MR) is 43.7 cm³/mol. The Morgan fingerprint density at radius 3 is 2.55 bits per heavy atom. The van der Waals surface area contributed by atoms with Crippen LogP contribution in [0, 0.1) is 0 Å². The van der Waals surface area contributed by atoms with Crippen molar-refractivity contribution in [3.8, 4) is 0 Å². The number of carboxylic acid groups (broad SMARTS) is 1. The number of nitrogens with two attached hydrogens (primary N) is 1. The summed E-state index contributed by atoms with van der Waals surface area (Å²) in [5, 5.41) is 8.41. The Morgan fingerprint density at radius 2 is 2.27 bits per heavy atom. The van der Waals surface area contributed by atoms with Gasteiger partial charge in [-0.05, 0) is 31.2 Å². The van der Waals surface area contributed by atoms with Gasteiger partial charge in [-0.25, -0.2) is 4.84 Å². The number of carbonyl (C=O) groups is 1. The summed E-state index contributed by atoms with van der Waals surface area (Å²) in [7, 11) is 0. The highest BCUT2D eigenvalue weighted by atomic mass is 35.5. The first-order chi connectivity index (χ1) is 4.72. The second-order valence-electron chi connectivity index (χ2n) is 1.93. The molecule has 0 radical (unpaired) electrons. The van der Waals surface area contributed by atoms with Crippen LogP contribution in [0.1, 0.15) is 12.8 Å². The Labute approximate surface area is 70.6 Å². The summed E-state index contributed by atoms with van der Waals surface area (Å²) in [6.07, 6.45) is 1.13. The van der Waals surface area contributed by atoms with Crippen LogP contribution in [-0.4, -0.2) is 23.7 Å². The molecule has 0 aromatic heterocycles. The Bertz CT molecular complexity index is 112. The van der Waals surface area contributed by atoms with Gasteiger partial charge in [0.15, 0.2) is 0 Å². The molecule has 0 saturated carbocycles. The minimum absolute atomic E-state index is 0. The maximum absolute atomic E-state index is 10.2. The lowest BCUT2D eigenvalue weighted by atomic mass is 10.2. The van der Waals surface area contributed by atoms with Crippen molar-refractivity contribution in [1.29, 1.82) is 0 Å². The number of hydrogen-bond donors (Lipinski definition) is 4. The molecule has 6 heteroatoms. The average molecular weight is 184 g/mol. The summed E-state index contributed by atoms with van der Waals surface area (Å²) >= 11 is 5.13. The first kappa shape index (κ1) is 13.2. The van der Waals surface area contributed by atoms with E-state index in [0.717, 1.165) is 0 Å². The van der Waals surface area contributed by atoms with E-state index in [2.05, 4.69) is 4.84 Å². The lowest BCUT2D eigenvalue weighted by Crippen LogP contribution is -2.30. The molecule has 0 aromatic rings. The molecular formula is C5H14ClN3O2. The minimum atomic E-state index is -0.941. The summed E-state index contributed by atoms with van der Waals surface area (Å²) in [5.74, 6) is -0.941. The number of carboxylic acids is 1. The van der Waals surface area contributed by atoms with Crippen LogP contribution in [0.25, 0.3) is 0 Å². The quantitative estimate of drug-likeness (QED) is 0.452. The van der Waals surface area contributed by atoms with Crippen molar-refractivity contribution >= 4 is 17.7 Å². The molecule has 7 N–H and O–H groups in total. The predicted octanol–water partition coefficient (Wildman–Crippen LogP) is 0.0839. The van der Waals surface area contributed by atoms with Gasteiger partial charge < -0.3 is 17.0 Å². The zero-order valence-corrected chi connectivity index (χ0v) is 6.97. The van der Waals surface area contributed by atoms with Crippen LogP contribution in [0.3, 0.4) is 0 Å². The molecule has 0 unspecified atom stereocenters. The van der Waals surface area contributed by atoms with Gasteiger partial charge in [-0.15, -0.1) is 0 Å². The fourth-order valence-electron chi connectivity index (χ4n) is 0.547. The Kier molecular flexibility index (Phi) is 9.32. The molecule has 5 nitrogen and oxygen atoms in total. The van der Waals surface area contributed by atoms with Crippen molar-refractivity contribution in [2.45, 2.75) is 18.9 Å². The summed E-state index contributed by atoms with van der Waals surface area (Å²) < 4.78 is 0. The van der Waals surface area contributed by atoms with Gasteiger partial charge in [0.05, 0.1) is 0 Å². The summed E-state index contributed by atoms with van der Waals surface area (Å²) in [6.45, 7) is 0.488. The fraction of sp³-hybridized carbons (Fsp3) is 0.800. The highest BCUT2D eigenvalue weighted by Crippen LogP contribution is 1.96. The van der Waals surface area contributed by atoms with Gasteiger partial charge >= 0.3 is 5.97 Å². The summed E-state index contributed by atoms with van der Waals surface area (Å²) in [4.78, 5) is 12.4. The molecule has 0 aromatic carbocycles. The molecule has 11 heavy (non-hydrogen) atoms. The molecule has 0 saturated heterocycles. The SMILES string of the molecule is N.NCCC[C@H](NCl)C(=O)O. The molecule has 0 aliphatic carbocycles. The molecule has 68 valence electrons. The van der Waals surface area contributed by atoms with Crippen LogP contribution in [0.15, 0.2) is 0 Å². The highest BCUT2D eigenvalue weighted by molar-refractivity contribution is 6.14. The topological polar surface area (TPSA) is 110 Å².